The largest absolute Gasteiger partial charge is 0.441 e. The average Bonchev–Trinajstić information content (AvgIpc) is 3.09. The highest BCUT2D eigenvalue weighted by molar-refractivity contribution is 7.71. The van der Waals surface area contributed by atoms with Crippen molar-refractivity contribution < 1.29 is 9.21 Å². The summed E-state index contributed by atoms with van der Waals surface area (Å²) in [5.74, 6) is 0.943. The van der Waals surface area contributed by atoms with E-state index in [2.05, 4.69) is 21.9 Å². The monoisotopic (exact) mass is 432 g/mol. The lowest BCUT2D eigenvalue weighted by molar-refractivity contribution is 0.102. The average molecular weight is 433 g/mol. The molecule has 4 rings (SSSR count). The normalized spacial score (nSPS) is 10.9. The number of aromatic nitrogens is 3. The number of anilines is 1. The number of fused-ring (bicyclic) bond motifs is 1. The molecule has 0 aliphatic carbocycles. The summed E-state index contributed by atoms with van der Waals surface area (Å²) in [4.78, 5) is 32.8. The lowest BCUT2D eigenvalue weighted by Gasteiger charge is -2.09. The highest BCUT2D eigenvalue weighted by Gasteiger charge is 2.12. The summed E-state index contributed by atoms with van der Waals surface area (Å²) in [5.41, 5.74) is 2.86. The van der Waals surface area contributed by atoms with Crippen LogP contribution in [0.5, 0.6) is 0 Å². The first-order valence-electron chi connectivity index (χ1n) is 9.61. The first kappa shape index (κ1) is 20.5. The fraction of sp³-hybridized carbons (Fsp3) is 0.130. The summed E-state index contributed by atoms with van der Waals surface area (Å²) in [6.45, 7) is 7.69. The van der Waals surface area contributed by atoms with Crippen LogP contribution in [0.4, 0.5) is 5.69 Å². The minimum absolute atomic E-state index is 0.227. The van der Waals surface area contributed by atoms with Gasteiger partial charge >= 0.3 is 0 Å². The Morgan fingerprint density at radius 1 is 1.29 bits per heavy atom. The lowest BCUT2D eigenvalue weighted by Crippen LogP contribution is -2.22. The van der Waals surface area contributed by atoms with Gasteiger partial charge in [-0.25, -0.2) is 4.98 Å². The van der Waals surface area contributed by atoms with Crippen LogP contribution in [0.2, 0.25) is 0 Å². The molecule has 7 nitrogen and oxygen atoms in total. The van der Waals surface area contributed by atoms with E-state index in [4.69, 9.17) is 16.6 Å². The number of carbonyl (C=O) groups is 1. The first-order chi connectivity index (χ1) is 14.9. The van der Waals surface area contributed by atoms with Gasteiger partial charge in [0, 0.05) is 23.4 Å². The molecule has 0 bridgehead atoms. The molecule has 1 amide bonds. The van der Waals surface area contributed by atoms with Crippen LogP contribution in [-0.4, -0.2) is 20.4 Å². The number of oxazole rings is 1. The maximum atomic E-state index is 12.8. The summed E-state index contributed by atoms with van der Waals surface area (Å²) in [5, 5.41) is 3.32. The molecule has 0 fully saturated rings. The van der Waals surface area contributed by atoms with Crippen LogP contribution >= 0.6 is 12.2 Å². The number of hydrogen-bond acceptors (Lipinski definition) is 5. The molecule has 0 atom stereocenters. The summed E-state index contributed by atoms with van der Waals surface area (Å²) in [6.07, 6.45) is 1.60. The van der Waals surface area contributed by atoms with Crippen LogP contribution < -0.4 is 10.9 Å². The van der Waals surface area contributed by atoms with Gasteiger partial charge in [-0.1, -0.05) is 12.1 Å². The molecule has 0 unspecified atom stereocenters. The molecule has 2 N–H and O–H groups in total. The Labute approximate surface area is 183 Å². The molecule has 0 aliphatic heterocycles. The van der Waals surface area contributed by atoms with Gasteiger partial charge in [-0.05, 0) is 62.5 Å². The Hall–Kier alpha value is -3.78. The van der Waals surface area contributed by atoms with E-state index in [0.29, 0.717) is 34.6 Å². The maximum absolute atomic E-state index is 12.8. The van der Waals surface area contributed by atoms with Crippen LogP contribution in [0.25, 0.3) is 22.4 Å². The molecule has 0 saturated heterocycles. The summed E-state index contributed by atoms with van der Waals surface area (Å²) in [6, 6.07) is 12.1. The van der Waals surface area contributed by atoms with E-state index >= 15 is 0 Å². The second-order valence-electron chi connectivity index (χ2n) is 7.09. The van der Waals surface area contributed by atoms with Crippen LogP contribution in [0.3, 0.4) is 0 Å². The van der Waals surface area contributed by atoms with Gasteiger partial charge in [-0.3, -0.25) is 14.2 Å². The summed E-state index contributed by atoms with van der Waals surface area (Å²) in [7, 11) is 0. The number of hydrogen-bond donors (Lipinski definition) is 2. The Kier molecular flexibility index (Phi) is 5.39. The molecule has 2 aromatic carbocycles. The molecule has 0 radical (unpaired) electrons. The fourth-order valence-electron chi connectivity index (χ4n) is 3.22. The van der Waals surface area contributed by atoms with E-state index in [-0.39, 0.29) is 16.2 Å². The minimum atomic E-state index is -0.312. The number of aryl methyl sites for hydroxylation is 2. The van der Waals surface area contributed by atoms with Crippen molar-refractivity contribution in [3.63, 3.8) is 0 Å². The van der Waals surface area contributed by atoms with Crippen molar-refractivity contribution in [2.75, 3.05) is 5.32 Å². The number of nitrogens with one attached hydrogen (secondary N) is 2. The van der Waals surface area contributed by atoms with Gasteiger partial charge in [0.05, 0.1) is 16.6 Å². The van der Waals surface area contributed by atoms with Crippen LogP contribution in [-0.2, 0) is 6.54 Å². The molecule has 0 aliphatic rings. The topological polar surface area (TPSA) is 92.9 Å². The number of benzene rings is 2. The highest BCUT2D eigenvalue weighted by atomic mass is 32.1. The number of amides is 1. The standard InChI is InChI=1S/C23H20N4O3S/c1-4-10-27-22(29)18-9-8-15(12-19(18)26-23(27)31)20(28)25-17-7-5-6-16(11-17)21-24-13(2)14(3)30-21/h4-9,11-12H,1,10H2,2-3H3,(H,25,28)(H,26,31). The summed E-state index contributed by atoms with van der Waals surface area (Å²) >= 11 is 5.26. The summed E-state index contributed by atoms with van der Waals surface area (Å²) < 4.78 is 7.36. The maximum Gasteiger partial charge on any atom is 0.262 e. The predicted octanol–water partition coefficient (Wildman–Crippen LogP) is 4.77. The zero-order valence-corrected chi connectivity index (χ0v) is 17.9. The minimum Gasteiger partial charge on any atom is -0.441 e. The molecular formula is C23H20N4O3S. The van der Waals surface area contributed by atoms with Gasteiger partial charge in [0.25, 0.3) is 11.5 Å². The van der Waals surface area contributed by atoms with Crippen LogP contribution in [0, 0.1) is 18.6 Å². The molecule has 4 aromatic rings. The van der Waals surface area contributed by atoms with Gasteiger partial charge < -0.3 is 14.7 Å². The molecule has 156 valence electrons. The predicted molar refractivity (Wildman–Crippen MR) is 123 cm³/mol. The molecule has 2 aromatic heterocycles. The Bertz CT molecular complexity index is 1430. The second-order valence-corrected chi connectivity index (χ2v) is 7.48. The van der Waals surface area contributed by atoms with Crippen molar-refractivity contribution in [3.8, 4) is 11.5 Å². The molecule has 31 heavy (non-hydrogen) atoms. The van der Waals surface area contributed by atoms with E-state index in [0.717, 1.165) is 17.0 Å². The van der Waals surface area contributed by atoms with Gasteiger partial charge in [-0.2, -0.15) is 0 Å². The fourth-order valence-corrected chi connectivity index (χ4v) is 3.49. The zero-order chi connectivity index (χ0) is 22.1. The SMILES string of the molecule is C=CCn1c(=S)[nH]c2cc(C(=O)Nc3cccc(-c4nc(C)c(C)o4)c3)ccc2c1=O. The van der Waals surface area contributed by atoms with Gasteiger partial charge in [-0.15, -0.1) is 6.58 Å². The van der Waals surface area contributed by atoms with Gasteiger partial charge in [0.1, 0.15) is 5.76 Å². The van der Waals surface area contributed by atoms with E-state index in [1.807, 2.05) is 26.0 Å². The molecular weight excluding hydrogens is 412 g/mol. The van der Waals surface area contributed by atoms with Gasteiger partial charge in [0.2, 0.25) is 5.89 Å². The highest BCUT2D eigenvalue weighted by Crippen LogP contribution is 2.24. The Morgan fingerprint density at radius 2 is 2.10 bits per heavy atom. The van der Waals surface area contributed by atoms with E-state index in [1.165, 1.54) is 4.57 Å². The smallest absolute Gasteiger partial charge is 0.262 e. The lowest BCUT2D eigenvalue weighted by atomic mass is 10.1. The quantitative estimate of drug-likeness (QED) is 0.350. The third-order valence-corrected chi connectivity index (χ3v) is 5.27. The third-order valence-electron chi connectivity index (χ3n) is 4.95. The Balaban J connectivity index is 1.64. The van der Waals surface area contributed by atoms with Crippen molar-refractivity contribution in [1.29, 1.82) is 0 Å². The number of nitrogens with zero attached hydrogens (tertiary/aromatic N) is 2. The molecule has 0 spiro atoms. The van der Waals surface area contributed by atoms with Crippen LogP contribution in [0.1, 0.15) is 21.8 Å². The number of rotatable bonds is 5. The zero-order valence-electron chi connectivity index (χ0n) is 17.1. The second kappa shape index (κ2) is 8.16. The van der Waals surface area contributed by atoms with Crippen LogP contribution in [0.15, 0.2) is 64.3 Å². The Morgan fingerprint density at radius 3 is 2.81 bits per heavy atom. The van der Waals surface area contributed by atoms with Crippen molar-refractivity contribution in [2.24, 2.45) is 0 Å². The van der Waals surface area contributed by atoms with Crippen molar-refractivity contribution in [1.82, 2.24) is 14.5 Å². The van der Waals surface area contributed by atoms with E-state index < -0.39 is 0 Å². The van der Waals surface area contributed by atoms with E-state index in [1.54, 1.807) is 36.4 Å². The van der Waals surface area contributed by atoms with Crippen molar-refractivity contribution in [2.45, 2.75) is 20.4 Å². The molecule has 2 heterocycles. The third kappa shape index (κ3) is 3.97. The molecule has 8 heteroatoms. The van der Waals surface area contributed by atoms with E-state index in [9.17, 15) is 9.59 Å². The first-order valence-corrected chi connectivity index (χ1v) is 10.0. The number of allylic oxidation sites excluding steroid dienone is 1. The number of carbonyl (C=O) groups excluding carboxylic acids is 1. The van der Waals surface area contributed by atoms with Crippen molar-refractivity contribution >= 4 is 34.7 Å². The van der Waals surface area contributed by atoms with Gasteiger partial charge in [0.15, 0.2) is 4.77 Å². The molecule has 0 saturated carbocycles. The number of H-pyrrole nitrogens is 1. The number of aromatic amines is 1. The van der Waals surface area contributed by atoms with Crippen molar-refractivity contribution in [3.05, 3.63) is 87.3 Å².